The van der Waals surface area contributed by atoms with Crippen LogP contribution in [0.3, 0.4) is 0 Å². The lowest BCUT2D eigenvalue weighted by atomic mass is 10.1. The number of amides is 2. The first-order chi connectivity index (χ1) is 21.5. The molecule has 0 aliphatic carbocycles. The number of thioether (sulfide) groups is 2. The van der Waals surface area contributed by atoms with Gasteiger partial charge in [-0.05, 0) is 58.7 Å². The molecular weight excluding hydrogens is 593 g/mol. The van der Waals surface area contributed by atoms with Gasteiger partial charge in [0.15, 0.2) is 10.7 Å². The Balaban J connectivity index is 1.45. The van der Waals surface area contributed by atoms with Crippen molar-refractivity contribution < 1.29 is 23.8 Å². The van der Waals surface area contributed by atoms with Crippen LogP contribution in [0.4, 0.5) is 0 Å². The average Bonchev–Trinajstić information content (AvgIpc) is 3.07. The summed E-state index contributed by atoms with van der Waals surface area (Å²) in [5.74, 6) is 3.26. The van der Waals surface area contributed by atoms with Crippen molar-refractivity contribution in [3.8, 4) is 17.2 Å². The molecule has 1 saturated heterocycles. The van der Waals surface area contributed by atoms with Crippen LogP contribution in [0.2, 0.25) is 0 Å². The van der Waals surface area contributed by atoms with Gasteiger partial charge in [0.25, 0.3) is 11.8 Å². The summed E-state index contributed by atoms with van der Waals surface area (Å²) in [6.07, 6.45) is 0. The maximum absolute atomic E-state index is 14.5. The van der Waals surface area contributed by atoms with E-state index in [2.05, 4.69) is 0 Å². The molecule has 4 aromatic rings. The number of benzene rings is 4. The van der Waals surface area contributed by atoms with Gasteiger partial charge >= 0.3 is 0 Å². The number of hydrogen-bond donors (Lipinski definition) is 0. The number of nitrogens with zero attached hydrogens (tertiary/aromatic N) is 2. The van der Waals surface area contributed by atoms with Gasteiger partial charge in [0.2, 0.25) is 0 Å². The monoisotopic (exact) mass is 628 g/mol. The summed E-state index contributed by atoms with van der Waals surface area (Å²) in [5, 5.41) is -1.37. The molecule has 5 rings (SSSR count). The number of hydrogen-bond acceptors (Lipinski definition) is 7. The van der Waals surface area contributed by atoms with Crippen LogP contribution in [-0.2, 0) is 34.2 Å². The van der Waals surface area contributed by atoms with E-state index in [-0.39, 0.29) is 11.8 Å². The first-order valence-electron chi connectivity index (χ1n) is 14.3. The molecule has 2 unspecified atom stereocenters. The minimum Gasteiger partial charge on any atom is -0.497 e. The van der Waals surface area contributed by atoms with E-state index in [1.807, 2.05) is 103 Å². The van der Waals surface area contributed by atoms with Gasteiger partial charge in [-0.2, -0.15) is 0 Å². The summed E-state index contributed by atoms with van der Waals surface area (Å²) < 4.78 is 15.9. The predicted octanol–water partition coefficient (Wildman–Crippen LogP) is 6.60. The van der Waals surface area contributed by atoms with Crippen LogP contribution in [0.25, 0.3) is 0 Å². The number of carbonyl (C=O) groups is 2. The standard InChI is InChI=1S/C35H36N2O5S2/c1-40-29-15-9-26(10-16-29)22-37-33(39)34(43-23-27-11-17-30(41-2)18-12-27)36(21-25-7-5-4-6-8-25)32(38)35(37)44-24-28-13-19-31(42-3)20-14-28/h4-20,34-35H,21-24H2,1-3H3. The quantitative estimate of drug-likeness (QED) is 0.165. The normalized spacial score (nSPS) is 16.6. The Hall–Kier alpha value is -4.08. The van der Waals surface area contributed by atoms with Gasteiger partial charge in [-0.1, -0.05) is 66.7 Å². The highest BCUT2D eigenvalue weighted by Gasteiger charge is 2.46. The molecule has 1 heterocycles. The van der Waals surface area contributed by atoms with Crippen molar-refractivity contribution in [2.75, 3.05) is 21.3 Å². The molecule has 0 spiro atoms. The topological polar surface area (TPSA) is 68.3 Å². The lowest BCUT2D eigenvalue weighted by Gasteiger charge is -2.44. The van der Waals surface area contributed by atoms with E-state index in [0.717, 1.165) is 39.5 Å². The first-order valence-corrected chi connectivity index (χ1v) is 16.4. The molecule has 0 radical (unpaired) electrons. The summed E-state index contributed by atoms with van der Waals surface area (Å²) in [6, 6.07) is 33.1. The third-order valence-electron chi connectivity index (χ3n) is 7.40. The third-order valence-corrected chi connectivity index (χ3v) is 9.94. The lowest BCUT2D eigenvalue weighted by molar-refractivity contribution is -0.154. The van der Waals surface area contributed by atoms with Crippen LogP contribution in [0.15, 0.2) is 103 Å². The SMILES string of the molecule is COc1ccc(CSC2C(=O)N(Cc3ccc(OC)cc3)C(SCc3ccc(OC)cc3)C(=O)N2Cc2ccccc2)cc1. The smallest absolute Gasteiger partial charge is 0.257 e. The fourth-order valence-electron chi connectivity index (χ4n) is 4.93. The molecule has 1 fully saturated rings. The Morgan fingerprint density at radius 3 is 1.20 bits per heavy atom. The van der Waals surface area contributed by atoms with E-state index in [9.17, 15) is 9.59 Å². The summed E-state index contributed by atoms with van der Waals surface area (Å²) in [6.45, 7) is 0.662. The molecule has 4 aromatic carbocycles. The van der Waals surface area contributed by atoms with Gasteiger partial charge in [0.1, 0.15) is 17.2 Å². The van der Waals surface area contributed by atoms with Crippen LogP contribution < -0.4 is 14.2 Å². The fourth-order valence-corrected chi connectivity index (χ4v) is 7.29. The van der Waals surface area contributed by atoms with Gasteiger partial charge in [-0.15, -0.1) is 23.5 Å². The first kappa shape index (κ1) is 31.3. The number of rotatable bonds is 13. The molecule has 0 bridgehead atoms. The zero-order valence-corrected chi connectivity index (χ0v) is 26.7. The van der Waals surface area contributed by atoms with E-state index >= 15 is 0 Å². The second-order valence-electron chi connectivity index (χ2n) is 10.3. The van der Waals surface area contributed by atoms with E-state index < -0.39 is 10.7 Å². The van der Waals surface area contributed by atoms with Crippen LogP contribution >= 0.6 is 23.5 Å². The maximum atomic E-state index is 14.5. The second-order valence-corrected chi connectivity index (χ2v) is 12.4. The Morgan fingerprint density at radius 1 is 0.500 bits per heavy atom. The predicted molar refractivity (Wildman–Crippen MR) is 177 cm³/mol. The van der Waals surface area contributed by atoms with Gasteiger partial charge < -0.3 is 24.0 Å². The summed E-state index contributed by atoms with van der Waals surface area (Å²) in [7, 11) is 4.90. The highest BCUT2D eigenvalue weighted by atomic mass is 32.2. The second kappa shape index (κ2) is 15.1. The van der Waals surface area contributed by atoms with Crippen LogP contribution in [0, 0.1) is 0 Å². The van der Waals surface area contributed by atoms with Gasteiger partial charge in [0, 0.05) is 24.6 Å². The zero-order chi connectivity index (χ0) is 30.9. The fraction of sp³-hybridized carbons (Fsp3) is 0.257. The van der Waals surface area contributed by atoms with Crippen LogP contribution in [-0.4, -0.2) is 53.7 Å². The largest absolute Gasteiger partial charge is 0.497 e. The molecule has 9 heteroatoms. The number of methoxy groups -OCH3 is 3. The molecule has 44 heavy (non-hydrogen) atoms. The van der Waals surface area contributed by atoms with E-state index in [1.54, 1.807) is 31.1 Å². The number of ether oxygens (including phenoxy) is 3. The Labute approximate surface area is 267 Å². The molecular formula is C35H36N2O5S2. The van der Waals surface area contributed by atoms with Crippen LogP contribution in [0.5, 0.6) is 17.2 Å². The molecule has 1 aliphatic heterocycles. The molecule has 228 valence electrons. The zero-order valence-electron chi connectivity index (χ0n) is 25.1. The van der Waals surface area contributed by atoms with E-state index in [0.29, 0.717) is 24.6 Å². The number of carbonyl (C=O) groups excluding carboxylic acids is 2. The van der Waals surface area contributed by atoms with Crippen molar-refractivity contribution in [2.45, 2.75) is 35.3 Å². The summed E-state index contributed by atoms with van der Waals surface area (Å²) in [4.78, 5) is 32.4. The summed E-state index contributed by atoms with van der Waals surface area (Å²) >= 11 is 2.94. The lowest BCUT2D eigenvalue weighted by Crippen LogP contribution is -2.62. The third kappa shape index (κ3) is 7.70. The molecule has 7 nitrogen and oxygen atoms in total. The van der Waals surface area contributed by atoms with Gasteiger partial charge in [0.05, 0.1) is 21.3 Å². The Morgan fingerprint density at radius 2 is 0.841 bits per heavy atom. The number of piperazine rings is 1. The Kier molecular flexibility index (Phi) is 10.7. The average molecular weight is 629 g/mol. The maximum Gasteiger partial charge on any atom is 0.257 e. The van der Waals surface area contributed by atoms with Gasteiger partial charge in [-0.3, -0.25) is 9.59 Å². The van der Waals surface area contributed by atoms with Crippen molar-refractivity contribution in [2.24, 2.45) is 0 Å². The van der Waals surface area contributed by atoms with Crippen molar-refractivity contribution in [1.29, 1.82) is 0 Å². The Bertz CT molecular complexity index is 1520. The van der Waals surface area contributed by atoms with Crippen LogP contribution in [0.1, 0.15) is 22.3 Å². The van der Waals surface area contributed by atoms with Crippen molar-refractivity contribution >= 4 is 35.3 Å². The molecule has 2 atom stereocenters. The molecule has 1 aliphatic rings. The molecule has 2 amide bonds. The van der Waals surface area contributed by atoms with Gasteiger partial charge in [-0.25, -0.2) is 0 Å². The highest BCUT2D eigenvalue weighted by Crippen LogP contribution is 2.36. The molecule has 0 aromatic heterocycles. The van der Waals surface area contributed by atoms with Crippen molar-refractivity contribution in [3.63, 3.8) is 0 Å². The van der Waals surface area contributed by atoms with Crippen molar-refractivity contribution in [1.82, 2.24) is 9.80 Å². The minimum atomic E-state index is -0.687. The van der Waals surface area contributed by atoms with E-state index in [1.165, 1.54) is 23.5 Å². The molecule has 0 N–H and O–H groups in total. The molecule has 0 saturated carbocycles. The van der Waals surface area contributed by atoms with Crippen molar-refractivity contribution in [3.05, 3.63) is 125 Å². The van der Waals surface area contributed by atoms with E-state index in [4.69, 9.17) is 14.2 Å². The summed E-state index contributed by atoms with van der Waals surface area (Å²) in [5.41, 5.74) is 4.00. The highest BCUT2D eigenvalue weighted by molar-refractivity contribution is 8.00. The minimum absolute atomic E-state index is 0.0762.